The van der Waals surface area contributed by atoms with E-state index in [-0.39, 0.29) is 0 Å². The van der Waals surface area contributed by atoms with Crippen LogP contribution >= 0.6 is 0 Å². The van der Waals surface area contributed by atoms with Crippen LogP contribution in [0.4, 0.5) is 0 Å². The van der Waals surface area contributed by atoms with Gasteiger partial charge in [0.05, 0.1) is 0 Å². The Labute approximate surface area is 124 Å². The van der Waals surface area contributed by atoms with Crippen molar-refractivity contribution in [2.75, 3.05) is 6.54 Å². The van der Waals surface area contributed by atoms with Crippen LogP contribution < -0.4 is 5.32 Å². The third-order valence-electron chi connectivity index (χ3n) is 4.59. The van der Waals surface area contributed by atoms with Crippen molar-refractivity contribution in [1.82, 2.24) is 14.9 Å². The summed E-state index contributed by atoms with van der Waals surface area (Å²) in [6.07, 6.45) is 14.9. The smallest absolute Gasteiger partial charge is 0.110 e. The summed E-state index contributed by atoms with van der Waals surface area (Å²) in [4.78, 5) is 4.56. The lowest BCUT2D eigenvalue weighted by molar-refractivity contribution is 0.399. The van der Waals surface area contributed by atoms with Crippen LogP contribution in [0.1, 0.15) is 64.6 Å². The van der Waals surface area contributed by atoms with Gasteiger partial charge in [0.15, 0.2) is 0 Å². The molecule has 3 heteroatoms. The van der Waals surface area contributed by atoms with E-state index >= 15 is 0 Å². The largest absolute Gasteiger partial charge is 0.335 e. The van der Waals surface area contributed by atoms with Gasteiger partial charge in [-0.25, -0.2) is 4.98 Å². The Morgan fingerprint density at radius 2 is 2.15 bits per heavy atom. The standard InChI is InChI=1S/C17H31N3/c1-3-12-20-13-11-19-17(20)14-16(18-4-2)10-9-15-7-5-6-8-15/h11,13,15-16,18H,3-10,12,14H2,1-2H3. The molecule has 0 spiro atoms. The van der Waals surface area contributed by atoms with E-state index in [0.717, 1.165) is 25.4 Å². The summed E-state index contributed by atoms with van der Waals surface area (Å²) in [5.41, 5.74) is 0. The molecular formula is C17H31N3. The van der Waals surface area contributed by atoms with Crippen LogP contribution in [0.3, 0.4) is 0 Å². The van der Waals surface area contributed by atoms with Crippen LogP contribution in [0, 0.1) is 5.92 Å². The molecular weight excluding hydrogens is 246 g/mol. The summed E-state index contributed by atoms with van der Waals surface area (Å²) < 4.78 is 2.32. The van der Waals surface area contributed by atoms with Gasteiger partial charge in [-0.3, -0.25) is 0 Å². The maximum atomic E-state index is 4.56. The molecule has 0 amide bonds. The number of hydrogen-bond donors (Lipinski definition) is 1. The number of nitrogens with zero attached hydrogens (tertiary/aromatic N) is 2. The van der Waals surface area contributed by atoms with Crippen molar-refractivity contribution in [3.8, 4) is 0 Å². The van der Waals surface area contributed by atoms with Crippen molar-refractivity contribution < 1.29 is 0 Å². The summed E-state index contributed by atoms with van der Waals surface area (Å²) in [7, 11) is 0. The molecule has 0 radical (unpaired) electrons. The second kappa shape index (κ2) is 8.46. The Bertz CT molecular complexity index is 366. The number of imidazole rings is 1. The Balaban J connectivity index is 1.85. The lowest BCUT2D eigenvalue weighted by Crippen LogP contribution is -2.32. The zero-order chi connectivity index (χ0) is 14.2. The van der Waals surface area contributed by atoms with Crippen molar-refractivity contribution in [2.24, 2.45) is 5.92 Å². The second-order valence-electron chi connectivity index (χ2n) is 6.22. The summed E-state index contributed by atoms with van der Waals surface area (Å²) >= 11 is 0. The Morgan fingerprint density at radius 3 is 2.85 bits per heavy atom. The molecule has 0 saturated heterocycles. The molecule has 1 N–H and O–H groups in total. The van der Waals surface area contributed by atoms with Crippen LogP contribution in [0.5, 0.6) is 0 Å². The molecule has 20 heavy (non-hydrogen) atoms. The maximum Gasteiger partial charge on any atom is 0.110 e. The van der Waals surface area contributed by atoms with Crippen molar-refractivity contribution in [1.29, 1.82) is 0 Å². The molecule has 1 fully saturated rings. The number of hydrogen-bond acceptors (Lipinski definition) is 2. The average Bonchev–Trinajstić information content (AvgIpc) is 3.09. The molecule has 1 aromatic heterocycles. The molecule has 1 aromatic rings. The molecule has 3 nitrogen and oxygen atoms in total. The molecule has 1 unspecified atom stereocenters. The van der Waals surface area contributed by atoms with Gasteiger partial charge >= 0.3 is 0 Å². The maximum absolute atomic E-state index is 4.56. The fourth-order valence-electron chi connectivity index (χ4n) is 3.50. The minimum Gasteiger partial charge on any atom is -0.335 e. The van der Waals surface area contributed by atoms with Gasteiger partial charge in [-0.05, 0) is 31.7 Å². The number of aryl methyl sites for hydroxylation is 1. The van der Waals surface area contributed by atoms with E-state index in [1.54, 1.807) is 0 Å². The lowest BCUT2D eigenvalue weighted by atomic mass is 9.97. The average molecular weight is 277 g/mol. The Hall–Kier alpha value is -0.830. The van der Waals surface area contributed by atoms with Gasteiger partial charge in [0.1, 0.15) is 5.82 Å². The molecule has 1 aliphatic carbocycles. The van der Waals surface area contributed by atoms with Gasteiger partial charge in [0, 0.05) is 31.4 Å². The molecule has 1 heterocycles. The van der Waals surface area contributed by atoms with Crippen molar-refractivity contribution in [2.45, 2.75) is 77.8 Å². The summed E-state index contributed by atoms with van der Waals surface area (Å²) in [6.45, 7) is 6.59. The Kier molecular flexibility index (Phi) is 6.58. The first-order chi connectivity index (χ1) is 9.83. The molecule has 0 aliphatic heterocycles. The van der Waals surface area contributed by atoms with Crippen molar-refractivity contribution in [3.63, 3.8) is 0 Å². The first-order valence-electron chi connectivity index (χ1n) is 8.56. The second-order valence-corrected chi connectivity index (χ2v) is 6.22. The van der Waals surface area contributed by atoms with Crippen LogP contribution in [0.15, 0.2) is 12.4 Å². The van der Waals surface area contributed by atoms with Gasteiger partial charge in [-0.2, -0.15) is 0 Å². The van der Waals surface area contributed by atoms with E-state index in [1.807, 2.05) is 6.20 Å². The Morgan fingerprint density at radius 1 is 1.35 bits per heavy atom. The molecule has 1 atom stereocenters. The number of likely N-dealkylation sites (N-methyl/N-ethyl adjacent to an activating group) is 1. The third kappa shape index (κ3) is 4.62. The monoisotopic (exact) mass is 277 g/mol. The molecule has 1 saturated carbocycles. The van der Waals surface area contributed by atoms with Crippen LogP contribution in [-0.2, 0) is 13.0 Å². The van der Waals surface area contributed by atoms with Gasteiger partial charge < -0.3 is 9.88 Å². The first kappa shape index (κ1) is 15.6. The zero-order valence-corrected chi connectivity index (χ0v) is 13.3. The van der Waals surface area contributed by atoms with Crippen LogP contribution in [0.2, 0.25) is 0 Å². The van der Waals surface area contributed by atoms with Gasteiger partial charge in [0.2, 0.25) is 0 Å². The van der Waals surface area contributed by atoms with E-state index < -0.39 is 0 Å². The highest BCUT2D eigenvalue weighted by molar-refractivity contribution is 4.96. The van der Waals surface area contributed by atoms with E-state index in [4.69, 9.17) is 0 Å². The predicted octanol–water partition coefficient (Wildman–Crippen LogP) is 3.78. The highest BCUT2D eigenvalue weighted by Crippen LogP contribution is 2.29. The normalized spacial score (nSPS) is 17.7. The van der Waals surface area contributed by atoms with Gasteiger partial charge in [-0.15, -0.1) is 0 Å². The predicted molar refractivity (Wildman–Crippen MR) is 84.9 cm³/mol. The summed E-state index contributed by atoms with van der Waals surface area (Å²) in [5, 5.41) is 3.66. The van der Waals surface area contributed by atoms with Gasteiger partial charge in [-0.1, -0.05) is 39.5 Å². The summed E-state index contributed by atoms with van der Waals surface area (Å²) in [5.74, 6) is 2.25. The van der Waals surface area contributed by atoms with E-state index in [2.05, 4.69) is 34.9 Å². The van der Waals surface area contributed by atoms with Gasteiger partial charge in [0.25, 0.3) is 0 Å². The van der Waals surface area contributed by atoms with Crippen molar-refractivity contribution >= 4 is 0 Å². The van der Waals surface area contributed by atoms with Crippen LogP contribution in [0.25, 0.3) is 0 Å². The number of rotatable bonds is 9. The topological polar surface area (TPSA) is 29.9 Å². The first-order valence-corrected chi connectivity index (χ1v) is 8.56. The lowest BCUT2D eigenvalue weighted by Gasteiger charge is -2.20. The van der Waals surface area contributed by atoms with Crippen molar-refractivity contribution in [3.05, 3.63) is 18.2 Å². The number of nitrogens with one attached hydrogen (secondary N) is 1. The van der Waals surface area contributed by atoms with E-state index in [0.29, 0.717) is 6.04 Å². The zero-order valence-electron chi connectivity index (χ0n) is 13.3. The molecule has 2 rings (SSSR count). The molecule has 0 aromatic carbocycles. The fourth-order valence-corrected chi connectivity index (χ4v) is 3.50. The molecule has 1 aliphatic rings. The van der Waals surface area contributed by atoms with E-state index in [9.17, 15) is 0 Å². The third-order valence-corrected chi connectivity index (χ3v) is 4.59. The molecule has 0 bridgehead atoms. The highest BCUT2D eigenvalue weighted by Gasteiger charge is 2.18. The minimum atomic E-state index is 0.596. The molecule has 114 valence electrons. The number of aromatic nitrogens is 2. The van der Waals surface area contributed by atoms with Crippen LogP contribution in [-0.4, -0.2) is 22.1 Å². The fraction of sp³-hybridized carbons (Fsp3) is 0.824. The highest BCUT2D eigenvalue weighted by atomic mass is 15.1. The minimum absolute atomic E-state index is 0.596. The van der Waals surface area contributed by atoms with E-state index in [1.165, 1.54) is 50.8 Å². The SMILES string of the molecule is CCCn1ccnc1CC(CCC1CCCC1)NCC. The quantitative estimate of drug-likeness (QED) is 0.744. The summed E-state index contributed by atoms with van der Waals surface area (Å²) in [6, 6.07) is 0.596.